The molecular formula is C14H15N3. The van der Waals surface area contributed by atoms with Crippen molar-refractivity contribution < 1.29 is 0 Å². The van der Waals surface area contributed by atoms with E-state index in [9.17, 15) is 0 Å². The van der Waals surface area contributed by atoms with Crippen molar-refractivity contribution in [2.24, 2.45) is 5.10 Å². The zero-order valence-corrected chi connectivity index (χ0v) is 9.58. The second kappa shape index (κ2) is 6.43. The molecule has 0 unspecified atom stereocenters. The molecule has 2 aromatic rings. The molecule has 0 atom stereocenters. The first-order valence-corrected chi connectivity index (χ1v) is 5.66. The van der Waals surface area contributed by atoms with Gasteiger partial charge in [0.1, 0.15) is 0 Å². The van der Waals surface area contributed by atoms with E-state index in [0.717, 1.165) is 18.5 Å². The molecule has 0 spiro atoms. The first kappa shape index (κ1) is 11.3. The topological polar surface area (TPSA) is 37.3 Å². The fourth-order valence-corrected chi connectivity index (χ4v) is 1.49. The summed E-state index contributed by atoms with van der Waals surface area (Å²) in [7, 11) is 0. The first-order valence-electron chi connectivity index (χ1n) is 5.66. The van der Waals surface area contributed by atoms with Gasteiger partial charge in [0.15, 0.2) is 0 Å². The average molecular weight is 225 g/mol. The predicted molar refractivity (Wildman–Crippen MR) is 71.1 cm³/mol. The second-order valence-corrected chi connectivity index (χ2v) is 3.68. The van der Waals surface area contributed by atoms with Gasteiger partial charge in [0.05, 0.1) is 5.69 Å². The molecule has 1 heterocycles. The fraction of sp³-hybridized carbons (Fsp3) is 0.143. The third kappa shape index (κ3) is 4.07. The molecule has 0 aliphatic carbocycles. The molecule has 1 aromatic heterocycles. The number of hydrazone groups is 1. The zero-order valence-electron chi connectivity index (χ0n) is 9.58. The number of rotatable bonds is 5. The highest BCUT2D eigenvalue weighted by Gasteiger charge is 1.89. The smallest absolute Gasteiger partial charge is 0.0592 e. The third-order valence-electron chi connectivity index (χ3n) is 2.37. The summed E-state index contributed by atoms with van der Waals surface area (Å²) in [6, 6.07) is 14.2. The summed E-state index contributed by atoms with van der Waals surface area (Å²) in [6.45, 7) is 0. The van der Waals surface area contributed by atoms with Crippen LogP contribution in [0, 0.1) is 0 Å². The lowest BCUT2D eigenvalue weighted by Gasteiger charge is -1.98. The van der Waals surface area contributed by atoms with E-state index in [4.69, 9.17) is 0 Å². The molecule has 1 N–H and O–H groups in total. The average Bonchev–Trinajstić information content (AvgIpc) is 2.41. The van der Waals surface area contributed by atoms with Crippen LogP contribution in [0.3, 0.4) is 0 Å². The van der Waals surface area contributed by atoms with Crippen LogP contribution in [0.5, 0.6) is 0 Å². The summed E-state index contributed by atoms with van der Waals surface area (Å²) in [5, 5.41) is 4.15. The van der Waals surface area contributed by atoms with Crippen LogP contribution in [-0.2, 0) is 6.42 Å². The maximum Gasteiger partial charge on any atom is 0.0592 e. The first-order chi connectivity index (χ1) is 8.45. The third-order valence-corrected chi connectivity index (χ3v) is 2.37. The number of pyridine rings is 1. The van der Waals surface area contributed by atoms with Crippen molar-refractivity contribution in [1.82, 2.24) is 4.98 Å². The van der Waals surface area contributed by atoms with Gasteiger partial charge in [-0.05, 0) is 30.5 Å². The van der Waals surface area contributed by atoms with Crippen LogP contribution in [0.15, 0.2) is 60.0 Å². The Morgan fingerprint density at radius 3 is 2.59 bits per heavy atom. The van der Waals surface area contributed by atoms with Gasteiger partial charge < -0.3 is 0 Å². The van der Waals surface area contributed by atoms with Crippen LogP contribution < -0.4 is 5.43 Å². The number of nitrogens with zero attached hydrogens (tertiary/aromatic N) is 2. The molecule has 1 aromatic carbocycles. The molecule has 3 heteroatoms. The SMILES string of the molecule is C(CCc1ccccc1)=NNc1ccncc1. The second-order valence-electron chi connectivity index (χ2n) is 3.68. The van der Waals surface area contributed by atoms with Crippen molar-refractivity contribution in [3.05, 3.63) is 60.4 Å². The van der Waals surface area contributed by atoms with E-state index in [-0.39, 0.29) is 0 Å². The van der Waals surface area contributed by atoms with E-state index in [0.29, 0.717) is 0 Å². The molecule has 2 rings (SSSR count). The number of anilines is 1. The van der Waals surface area contributed by atoms with Crippen LogP contribution in [0.25, 0.3) is 0 Å². The molecule has 17 heavy (non-hydrogen) atoms. The van der Waals surface area contributed by atoms with Crippen molar-refractivity contribution in [2.75, 3.05) is 5.43 Å². The van der Waals surface area contributed by atoms with Gasteiger partial charge in [-0.2, -0.15) is 5.10 Å². The molecule has 0 aliphatic rings. The molecule has 0 bridgehead atoms. The highest BCUT2D eigenvalue weighted by Crippen LogP contribution is 2.03. The van der Waals surface area contributed by atoms with Crippen molar-refractivity contribution in [2.45, 2.75) is 12.8 Å². The maximum atomic E-state index is 4.15. The Balaban J connectivity index is 1.72. The Morgan fingerprint density at radius 2 is 1.82 bits per heavy atom. The van der Waals surface area contributed by atoms with Crippen molar-refractivity contribution >= 4 is 11.9 Å². The summed E-state index contributed by atoms with van der Waals surface area (Å²) >= 11 is 0. The van der Waals surface area contributed by atoms with Crippen LogP contribution in [0.4, 0.5) is 5.69 Å². The van der Waals surface area contributed by atoms with E-state index < -0.39 is 0 Å². The van der Waals surface area contributed by atoms with E-state index in [1.54, 1.807) is 12.4 Å². The van der Waals surface area contributed by atoms with Gasteiger partial charge in [0, 0.05) is 18.6 Å². The molecule has 0 saturated carbocycles. The molecule has 86 valence electrons. The number of benzene rings is 1. The molecule has 0 amide bonds. The predicted octanol–water partition coefficient (Wildman–Crippen LogP) is 3.11. The Bertz CT molecular complexity index is 451. The molecule has 0 radical (unpaired) electrons. The number of nitrogens with one attached hydrogen (secondary N) is 1. The normalized spacial score (nSPS) is 10.6. The van der Waals surface area contributed by atoms with Crippen LogP contribution in [0.2, 0.25) is 0 Å². The van der Waals surface area contributed by atoms with E-state index in [1.165, 1.54) is 5.56 Å². The van der Waals surface area contributed by atoms with Crippen molar-refractivity contribution in [1.29, 1.82) is 0 Å². The quantitative estimate of drug-likeness (QED) is 0.627. The highest BCUT2D eigenvalue weighted by molar-refractivity contribution is 5.59. The van der Waals surface area contributed by atoms with Crippen LogP contribution in [-0.4, -0.2) is 11.2 Å². The van der Waals surface area contributed by atoms with Crippen LogP contribution in [0.1, 0.15) is 12.0 Å². The summed E-state index contributed by atoms with van der Waals surface area (Å²) < 4.78 is 0. The van der Waals surface area contributed by atoms with Gasteiger partial charge >= 0.3 is 0 Å². The lowest BCUT2D eigenvalue weighted by molar-refractivity contribution is 1.05. The summed E-state index contributed by atoms with van der Waals surface area (Å²) in [4.78, 5) is 3.94. The Kier molecular flexibility index (Phi) is 4.28. The van der Waals surface area contributed by atoms with Gasteiger partial charge in [-0.25, -0.2) is 0 Å². The maximum absolute atomic E-state index is 4.15. The summed E-state index contributed by atoms with van der Waals surface area (Å²) in [5.41, 5.74) is 5.25. The highest BCUT2D eigenvalue weighted by atomic mass is 15.3. The summed E-state index contributed by atoms with van der Waals surface area (Å²) in [6.07, 6.45) is 7.32. The lowest BCUT2D eigenvalue weighted by Crippen LogP contribution is -1.91. The van der Waals surface area contributed by atoms with E-state index in [2.05, 4.69) is 39.8 Å². The zero-order chi connectivity index (χ0) is 11.8. The minimum Gasteiger partial charge on any atom is -0.279 e. The minimum atomic E-state index is 0.933. The van der Waals surface area contributed by atoms with Gasteiger partial charge in [0.2, 0.25) is 0 Å². The Labute approximate surface area is 101 Å². The Hall–Kier alpha value is -2.16. The molecule has 0 fully saturated rings. The van der Waals surface area contributed by atoms with E-state index in [1.807, 2.05) is 24.4 Å². The van der Waals surface area contributed by atoms with Gasteiger partial charge in [-0.15, -0.1) is 0 Å². The largest absolute Gasteiger partial charge is 0.279 e. The van der Waals surface area contributed by atoms with Gasteiger partial charge in [-0.1, -0.05) is 30.3 Å². The van der Waals surface area contributed by atoms with Crippen LogP contribution >= 0.6 is 0 Å². The van der Waals surface area contributed by atoms with Crippen molar-refractivity contribution in [3.8, 4) is 0 Å². The Morgan fingerprint density at radius 1 is 1.06 bits per heavy atom. The molecule has 0 saturated heterocycles. The molecule has 0 aliphatic heterocycles. The van der Waals surface area contributed by atoms with Gasteiger partial charge in [-0.3, -0.25) is 10.4 Å². The standard InChI is InChI=1S/C14H15N3/c1-2-5-13(6-3-1)7-4-10-16-17-14-8-11-15-12-9-14/h1-3,5-6,8-12H,4,7H2,(H,15,17). The number of aromatic nitrogens is 1. The fourth-order valence-electron chi connectivity index (χ4n) is 1.49. The molecular weight excluding hydrogens is 210 g/mol. The molecule has 3 nitrogen and oxygen atoms in total. The summed E-state index contributed by atoms with van der Waals surface area (Å²) in [5.74, 6) is 0. The number of hydrogen-bond acceptors (Lipinski definition) is 3. The van der Waals surface area contributed by atoms with Gasteiger partial charge in [0.25, 0.3) is 0 Å². The van der Waals surface area contributed by atoms with E-state index >= 15 is 0 Å². The number of hydrogen-bond donors (Lipinski definition) is 1. The number of aryl methyl sites for hydroxylation is 1. The van der Waals surface area contributed by atoms with Crippen molar-refractivity contribution in [3.63, 3.8) is 0 Å². The monoisotopic (exact) mass is 225 g/mol. The lowest BCUT2D eigenvalue weighted by atomic mass is 10.1. The minimum absolute atomic E-state index is 0.933.